The maximum atomic E-state index is 11.5. The van der Waals surface area contributed by atoms with Gasteiger partial charge in [0.25, 0.3) is 5.91 Å². The topological polar surface area (TPSA) is 42.0 Å². The van der Waals surface area contributed by atoms with Crippen molar-refractivity contribution in [3.8, 4) is 0 Å². The SMILES string of the molecule is CCCc1cc(CC)cc(C(=O)NC)n1. The summed E-state index contributed by atoms with van der Waals surface area (Å²) in [5.74, 6) is -0.109. The van der Waals surface area contributed by atoms with Gasteiger partial charge in [0, 0.05) is 12.7 Å². The van der Waals surface area contributed by atoms with E-state index in [-0.39, 0.29) is 5.91 Å². The molecule has 1 N–H and O–H groups in total. The maximum Gasteiger partial charge on any atom is 0.269 e. The van der Waals surface area contributed by atoms with E-state index >= 15 is 0 Å². The first-order valence-corrected chi connectivity index (χ1v) is 5.43. The molecule has 1 amide bonds. The molecule has 0 aliphatic carbocycles. The fourth-order valence-corrected chi connectivity index (χ4v) is 1.48. The highest BCUT2D eigenvalue weighted by Gasteiger charge is 2.07. The fourth-order valence-electron chi connectivity index (χ4n) is 1.48. The van der Waals surface area contributed by atoms with Crippen molar-refractivity contribution in [2.45, 2.75) is 33.1 Å². The third kappa shape index (κ3) is 3.05. The van der Waals surface area contributed by atoms with Gasteiger partial charge in [-0.05, 0) is 30.5 Å². The number of pyridine rings is 1. The summed E-state index contributed by atoms with van der Waals surface area (Å²) in [4.78, 5) is 15.8. The van der Waals surface area contributed by atoms with E-state index in [2.05, 4.69) is 30.2 Å². The van der Waals surface area contributed by atoms with Crippen molar-refractivity contribution in [3.05, 3.63) is 29.1 Å². The van der Waals surface area contributed by atoms with E-state index in [0.29, 0.717) is 5.69 Å². The Hall–Kier alpha value is -1.38. The van der Waals surface area contributed by atoms with Gasteiger partial charge >= 0.3 is 0 Å². The number of hydrogen-bond donors (Lipinski definition) is 1. The molecule has 0 spiro atoms. The molecule has 0 fully saturated rings. The molecule has 3 nitrogen and oxygen atoms in total. The lowest BCUT2D eigenvalue weighted by molar-refractivity contribution is 0.0958. The number of rotatable bonds is 4. The summed E-state index contributed by atoms with van der Waals surface area (Å²) in [7, 11) is 1.63. The van der Waals surface area contributed by atoms with Crippen molar-refractivity contribution < 1.29 is 4.79 Å². The predicted octanol–water partition coefficient (Wildman–Crippen LogP) is 1.96. The minimum Gasteiger partial charge on any atom is -0.354 e. The van der Waals surface area contributed by atoms with Gasteiger partial charge in [-0.3, -0.25) is 4.79 Å². The number of amides is 1. The highest BCUT2D eigenvalue weighted by molar-refractivity contribution is 5.92. The summed E-state index contributed by atoms with van der Waals surface area (Å²) in [6.07, 6.45) is 2.91. The van der Waals surface area contributed by atoms with Crippen LogP contribution < -0.4 is 5.32 Å². The van der Waals surface area contributed by atoms with Gasteiger partial charge in [-0.15, -0.1) is 0 Å². The Kier molecular flexibility index (Phi) is 4.28. The van der Waals surface area contributed by atoms with Crippen LogP contribution in [0.5, 0.6) is 0 Å². The predicted molar refractivity (Wildman–Crippen MR) is 61.0 cm³/mol. The largest absolute Gasteiger partial charge is 0.354 e. The van der Waals surface area contributed by atoms with Gasteiger partial charge in [-0.25, -0.2) is 4.98 Å². The molecule has 0 saturated carbocycles. The molecule has 0 radical (unpaired) electrons. The molecule has 82 valence electrons. The van der Waals surface area contributed by atoms with Crippen molar-refractivity contribution in [2.24, 2.45) is 0 Å². The first-order valence-electron chi connectivity index (χ1n) is 5.43. The number of hydrogen-bond acceptors (Lipinski definition) is 2. The molecule has 0 bridgehead atoms. The Bertz CT molecular complexity index is 347. The van der Waals surface area contributed by atoms with Gasteiger partial charge in [0.15, 0.2) is 0 Å². The summed E-state index contributed by atoms with van der Waals surface area (Å²) < 4.78 is 0. The number of aryl methyl sites for hydroxylation is 2. The van der Waals surface area contributed by atoms with Crippen LogP contribution in [0.2, 0.25) is 0 Å². The molecule has 0 aromatic carbocycles. The van der Waals surface area contributed by atoms with Gasteiger partial charge in [-0.1, -0.05) is 20.3 Å². The molecular weight excluding hydrogens is 188 g/mol. The third-order valence-corrected chi connectivity index (χ3v) is 2.31. The van der Waals surface area contributed by atoms with E-state index in [1.165, 1.54) is 5.56 Å². The highest BCUT2D eigenvalue weighted by atomic mass is 16.1. The summed E-state index contributed by atoms with van der Waals surface area (Å²) >= 11 is 0. The second-order valence-electron chi connectivity index (χ2n) is 3.53. The zero-order valence-electron chi connectivity index (χ0n) is 9.63. The zero-order valence-corrected chi connectivity index (χ0v) is 9.63. The smallest absolute Gasteiger partial charge is 0.269 e. The standard InChI is InChI=1S/C12H18N2O/c1-4-6-10-7-9(5-2)8-11(14-10)12(15)13-3/h7-8H,4-6H2,1-3H3,(H,13,15). The van der Waals surface area contributed by atoms with Crippen molar-refractivity contribution in [1.29, 1.82) is 0 Å². The normalized spacial score (nSPS) is 10.1. The summed E-state index contributed by atoms with van der Waals surface area (Å²) in [5.41, 5.74) is 2.71. The van der Waals surface area contributed by atoms with Gasteiger partial charge in [-0.2, -0.15) is 0 Å². The van der Waals surface area contributed by atoms with Crippen LogP contribution in [-0.4, -0.2) is 17.9 Å². The van der Waals surface area contributed by atoms with Crippen LogP contribution in [0.4, 0.5) is 0 Å². The molecule has 0 aliphatic rings. The Labute approximate surface area is 90.9 Å². The average Bonchev–Trinajstić information content (AvgIpc) is 2.28. The summed E-state index contributed by atoms with van der Waals surface area (Å²) in [5, 5.41) is 2.60. The van der Waals surface area contributed by atoms with Crippen LogP contribution in [-0.2, 0) is 12.8 Å². The number of carbonyl (C=O) groups is 1. The van der Waals surface area contributed by atoms with Gasteiger partial charge in [0.2, 0.25) is 0 Å². The zero-order chi connectivity index (χ0) is 11.3. The van der Waals surface area contributed by atoms with Crippen LogP contribution in [0.25, 0.3) is 0 Å². The molecule has 15 heavy (non-hydrogen) atoms. The third-order valence-electron chi connectivity index (χ3n) is 2.31. The molecule has 0 atom stereocenters. The van der Waals surface area contributed by atoms with Gasteiger partial charge in [0.05, 0.1) is 0 Å². The quantitative estimate of drug-likeness (QED) is 0.818. The second-order valence-corrected chi connectivity index (χ2v) is 3.53. The molecule has 1 aromatic heterocycles. The first-order chi connectivity index (χ1) is 7.21. The molecule has 3 heteroatoms. The molecule has 0 aliphatic heterocycles. The molecule has 1 rings (SSSR count). The summed E-state index contributed by atoms with van der Waals surface area (Å²) in [6, 6.07) is 3.94. The molecule has 1 aromatic rings. The lowest BCUT2D eigenvalue weighted by Gasteiger charge is -2.06. The monoisotopic (exact) mass is 206 g/mol. The van der Waals surface area contributed by atoms with Crippen molar-refractivity contribution in [2.75, 3.05) is 7.05 Å². The Balaban J connectivity index is 3.05. The van der Waals surface area contributed by atoms with Crippen LogP contribution in [0, 0.1) is 0 Å². The molecule has 0 unspecified atom stereocenters. The van der Waals surface area contributed by atoms with E-state index in [0.717, 1.165) is 25.0 Å². The highest BCUT2D eigenvalue weighted by Crippen LogP contribution is 2.09. The van der Waals surface area contributed by atoms with E-state index in [1.807, 2.05) is 6.07 Å². The van der Waals surface area contributed by atoms with E-state index < -0.39 is 0 Å². The van der Waals surface area contributed by atoms with E-state index in [4.69, 9.17) is 0 Å². The number of nitrogens with zero attached hydrogens (tertiary/aromatic N) is 1. The van der Waals surface area contributed by atoms with Crippen molar-refractivity contribution in [3.63, 3.8) is 0 Å². The van der Waals surface area contributed by atoms with Crippen LogP contribution in [0.3, 0.4) is 0 Å². The van der Waals surface area contributed by atoms with Crippen LogP contribution >= 0.6 is 0 Å². The van der Waals surface area contributed by atoms with E-state index in [9.17, 15) is 4.79 Å². The minimum atomic E-state index is -0.109. The number of carbonyl (C=O) groups excluding carboxylic acids is 1. The Morgan fingerprint density at radius 2 is 2.13 bits per heavy atom. The number of aromatic nitrogens is 1. The van der Waals surface area contributed by atoms with Crippen molar-refractivity contribution in [1.82, 2.24) is 10.3 Å². The van der Waals surface area contributed by atoms with Crippen molar-refractivity contribution >= 4 is 5.91 Å². The number of nitrogens with one attached hydrogen (secondary N) is 1. The lowest BCUT2D eigenvalue weighted by atomic mass is 10.1. The van der Waals surface area contributed by atoms with E-state index in [1.54, 1.807) is 7.05 Å². The average molecular weight is 206 g/mol. The molecular formula is C12H18N2O. The minimum absolute atomic E-state index is 0.109. The molecule has 1 heterocycles. The first kappa shape index (κ1) is 11.7. The molecule has 0 saturated heterocycles. The van der Waals surface area contributed by atoms with Crippen LogP contribution in [0.1, 0.15) is 42.0 Å². The lowest BCUT2D eigenvalue weighted by Crippen LogP contribution is -2.20. The van der Waals surface area contributed by atoms with Gasteiger partial charge in [0.1, 0.15) is 5.69 Å². The van der Waals surface area contributed by atoms with Gasteiger partial charge < -0.3 is 5.32 Å². The Morgan fingerprint density at radius 1 is 1.40 bits per heavy atom. The second kappa shape index (κ2) is 5.49. The maximum absolute atomic E-state index is 11.5. The fraction of sp³-hybridized carbons (Fsp3) is 0.500. The summed E-state index contributed by atoms with van der Waals surface area (Å²) in [6.45, 7) is 4.19. The Morgan fingerprint density at radius 3 is 2.67 bits per heavy atom. The van der Waals surface area contributed by atoms with Crippen LogP contribution in [0.15, 0.2) is 12.1 Å².